The molecule has 178 valence electrons. The normalized spacial score (nSPS) is 11.3. The smallest absolute Gasteiger partial charge is 0.191 e. The summed E-state index contributed by atoms with van der Waals surface area (Å²) in [6.07, 6.45) is 0. The number of ether oxygens (including phenoxy) is 2. The summed E-state index contributed by atoms with van der Waals surface area (Å²) < 4.78 is 25.3. The van der Waals surface area contributed by atoms with E-state index in [1.807, 2.05) is 45.0 Å². The van der Waals surface area contributed by atoms with Gasteiger partial charge in [-0.15, -0.1) is 24.0 Å². The predicted molar refractivity (Wildman–Crippen MR) is 139 cm³/mol. The fraction of sp³-hybridized carbons (Fsp3) is 0.458. The van der Waals surface area contributed by atoms with Crippen LogP contribution in [-0.2, 0) is 24.4 Å². The molecule has 0 aliphatic heterocycles. The summed E-state index contributed by atoms with van der Waals surface area (Å²) in [7, 11) is 5.58. The van der Waals surface area contributed by atoms with Crippen molar-refractivity contribution in [3.05, 3.63) is 64.5 Å². The van der Waals surface area contributed by atoms with E-state index in [-0.39, 0.29) is 29.8 Å². The van der Waals surface area contributed by atoms with Crippen LogP contribution >= 0.6 is 24.0 Å². The first-order chi connectivity index (χ1) is 14.9. The van der Waals surface area contributed by atoms with E-state index in [4.69, 9.17) is 9.47 Å². The zero-order valence-corrected chi connectivity index (χ0v) is 22.0. The van der Waals surface area contributed by atoms with Gasteiger partial charge < -0.3 is 25.0 Å². The molecule has 0 saturated carbocycles. The number of benzene rings is 2. The molecule has 2 N–H and O–H groups in total. The van der Waals surface area contributed by atoms with Gasteiger partial charge in [0, 0.05) is 44.4 Å². The lowest BCUT2D eigenvalue weighted by Crippen LogP contribution is -2.36. The van der Waals surface area contributed by atoms with Gasteiger partial charge in [0.2, 0.25) is 0 Å². The Balaban J connectivity index is 0.00000512. The average molecular weight is 558 g/mol. The molecule has 0 aliphatic carbocycles. The Morgan fingerprint density at radius 1 is 1.03 bits per heavy atom. The molecular weight excluding hydrogens is 522 g/mol. The second kappa shape index (κ2) is 15.0. The second-order valence-electron chi connectivity index (χ2n) is 7.60. The molecule has 2 aromatic rings. The highest BCUT2D eigenvalue weighted by molar-refractivity contribution is 14.0. The van der Waals surface area contributed by atoms with Gasteiger partial charge in [0.05, 0.1) is 6.61 Å². The maximum atomic E-state index is 14.0. The van der Waals surface area contributed by atoms with E-state index in [9.17, 15) is 4.39 Å². The SMILES string of the molecule is CCOCCOc1cc(C)ccc1CNC(=NC)NCc1ccc(F)c(CN(C)C)c1.I. The standard InChI is InChI=1S/C24H35FN4O2.HI/c1-6-30-11-12-31-23-13-18(2)7-9-20(23)16-28-24(26-3)27-15-19-8-10-22(25)21(14-19)17-29(4)5;/h7-10,13-14H,6,11-12,15-17H2,1-5H3,(H2,26,27,28);1H. The summed E-state index contributed by atoms with van der Waals surface area (Å²) in [4.78, 5) is 6.24. The highest BCUT2D eigenvalue weighted by Gasteiger charge is 2.08. The van der Waals surface area contributed by atoms with Gasteiger partial charge >= 0.3 is 0 Å². The van der Waals surface area contributed by atoms with Gasteiger partial charge in [-0.05, 0) is 57.3 Å². The van der Waals surface area contributed by atoms with Crippen molar-refractivity contribution in [2.45, 2.75) is 33.5 Å². The molecule has 0 amide bonds. The van der Waals surface area contributed by atoms with Crippen molar-refractivity contribution >= 4 is 29.9 Å². The Hall–Kier alpha value is -1.91. The first kappa shape index (κ1) is 28.1. The molecular formula is C24H36FIN4O2. The Morgan fingerprint density at radius 3 is 2.47 bits per heavy atom. The van der Waals surface area contributed by atoms with Gasteiger partial charge in [-0.25, -0.2) is 4.39 Å². The van der Waals surface area contributed by atoms with Crippen molar-refractivity contribution < 1.29 is 13.9 Å². The summed E-state index contributed by atoms with van der Waals surface area (Å²) in [5.41, 5.74) is 3.86. The fourth-order valence-corrected chi connectivity index (χ4v) is 3.08. The Bertz CT molecular complexity index is 862. The molecule has 0 atom stereocenters. The maximum absolute atomic E-state index is 14.0. The topological polar surface area (TPSA) is 58.1 Å². The van der Waals surface area contributed by atoms with Crippen LogP contribution in [0.5, 0.6) is 5.75 Å². The van der Waals surface area contributed by atoms with Gasteiger partial charge in [-0.3, -0.25) is 4.99 Å². The average Bonchev–Trinajstić information content (AvgIpc) is 2.74. The molecule has 32 heavy (non-hydrogen) atoms. The van der Waals surface area contributed by atoms with Gasteiger partial charge in [-0.1, -0.05) is 18.2 Å². The van der Waals surface area contributed by atoms with Crippen LogP contribution in [0.15, 0.2) is 41.4 Å². The van der Waals surface area contributed by atoms with Crippen LogP contribution < -0.4 is 15.4 Å². The highest BCUT2D eigenvalue weighted by atomic mass is 127. The maximum Gasteiger partial charge on any atom is 0.191 e. The minimum absolute atomic E-state index is 0. The zero-order valence-electron chi connectivity index (χ0n) is 19.7. The van der Waals surface area contributed by atoms with Gasteiger partial charge in [0.1, 0.15) is 18.2 Å². The number of hydrogen-bond donors (Lipinski definition) is 2. The van der Waals surface area contributed by atoms with E-state index in [1.54, 1.807) is 13.1 Å². The first-order valence-corrected chi connectivity index (χ1v) is 10.6. The van der Waals surface area contributed by atoms with E-state index in [0.29, 0.717) is 51.0 Å². The van der Waals surface area contributed by atoms with E-state index in [1.165, 1.54) is 6.07 Å². The molecule has 2 aromatic carbocycles. The van der Waals surface area contributed by atoms with Gasteiger partial charge in [0.15, 0.2) is 5.96 Å². The third kappa shape index (κ3) is 9.70. The van der Waals surface area contributed by atoms with E-state index in [2.05, 4.69) is 27.8 Å². The molecule has 0 aromatic heterocycles. The minimum atomic E-state index is -0.184. The molecule has 0 radical (unpaired) electrons. The van der Waals surface area contributed by atoms with E-state index >= 15 is 0 Å². The Kier molecular flexibility index (Phi) is 13.2. The van der Waals surface area contributed by atoms with Crippen LogP contribution in [0.2, 0.25) is 0 Å². The lowest BCUT2D eigenvalue weighted by molar-refractivity contribution is 0.110. The lowest BCUT2D eigenvalue weighted by atomic mass is 10.1. The summed E-state index contributed by atoms with van der Waals surface area (Å²) in [6.45, 7) is 7.44. The molecule has 0 spiro atoms. The van der Waals surface area contributed by atoms with Crippen molar-refractivity contribution in [3.63, 3.8) is 0 Å². The number of hydrogen-bond acceptors (Lipinski definition) is 4. The summed E-state index contributed by atoms with van der Waals surface area (Å²) >= 11 is 0. The Labute approximate surface area is 208 Å². The lowest BCUT2D eigenvalue weighted by Gasteiger charge is -2.16. The molecule has 0 fully saturated rings. The van der Waals surface area contributed by atoms with Crippen molar-refractivity contribution in [1.82, 2.24) is 15.5 Å². The molecule has 0 bridgehead atoms. The van der Waals surface area contributed by atoms with Crippen LogP contribution in [0.4, 0.5) is 4.39 Å². The monoisotopic (exact) mass is 558 g/mol. The number of aliphatic imine (C=N–C) groups is 1. The van der Waals surface area contributed by atoms with Crippen molar-refractivity contribution in [3.8, 4) is 5.75 Å². The molecule has 6 nitrogen and oxygen atoms in total. The molecule has 8 heteroatoms. The number of guanidine groups is 1. The summed E-state index contributed by atoms with van der Waals surface area (Å²) in [5.74, 6) is 1.32. The third-order valence-electron chi connectivity index (χ3n) is 4.64. The van der Waals surface area contributed by atoms with Crippen LogP contribution in [0, 0.1) is 12.7 Å². The predicted octanol–water partition coefficient (Wildman–Crippen LogP) is 4.09. The molecule has 0 aliphatic rings. The quantitative estimate of drug-likeness (QED) is 0.188. The van der Waals surface area contributed by atoms with E-state index < -0.39 is 0 Å². The third-order valence-corrected chi connectivity index (χ3v) is 4.64. The summed E-state index contributed by atoms with van der Waals surface area (Å²) in [6, 6.07) is 11.3. The van der Waals surface area contributed by atoms with Crippen LogP contribution in [0.25, 0.3) is 0 Å². The van der Waals surface area contributed by atoms with Crippen molar-refractivity contribution in [2.24, 2.45) is 4.99 Å². The largest absolute Gasteiger partial charge is 0.491 e. The van der Waals surface area contributed by atoms with Gasteiger partial charge in [-0.2, -0.15) is 0 Å². The van der Waals surface area contributed by atoms with Crippen LogP contribution in [-0.4, -0.2) is 51.8 Å². The summed E-state index contributed by atoms with van der Waals surface area (Å²) in [5, 5.41) is 6.61. The number of aryl methyl sites for hydroxylation is 1. The number of rotatable bonds is 11. The zero-order chi connectivity index (χ0) is 22.6. The second-order valence-corrected chi connectivity index (χ2v) is 7.60. The molecule has 0 heterocycles. The molecule has 2 rings (SSSR count). The molecule has 0 unspecified atom stereocenters. The van der Waals surface area contributed by atoms with Crippen LogP contribution in [0.1, 0.15) is 29.2 Å². The van der Waals surface area contributed by atoms with Crippen LogP contribution in [0.3, 0.4) is 0 Å². The fourth-order valence-electron chi connectivity index (χ4n) is 3.08. The number of nitrogens with zero attached hydrogens (tertiary/aromatic N) is 2. The number of nitrogens with one attached hydrogen (secondary N) is 2. The Morgan fingerprint density at radius 2 is 1.78 bits per heavy atom. The van der Waals surface area contributed by atoms with Crippen molar-refractivity contribution in [1.29, 1.82) is 0 Å². The highest BCUT2D eigenvalue weighted by Crippen LogP contribution is 2.20. The van der Waals surface area contributed by atoms with Gasteiger partial charge in [0.25, 0.3) is 0 Å². The minimum Gasteiger partial charge on any atom is -0.491 e. The van der Waals surface area contributed by atoms with Crippen molar-refractivity contribution in [2.75, 3.05) is 41.0 Å². The molecule has 0 saturated heterocycles. The first-order valence-electron chi connectivity index (χ1n) is 10.6. The van der Waals surface area contributed by atoms with E-state index in [0.717, 1.165) is 22.4 Å². The number of halogens is 2.